The largest absolute Gasteiger partial charge is 0.507 e. The molecule has 2 aromatic carbocycles. The SMILES string of the molecule is C=CCN(C(=O)C(Cc1ccccc1)NC(=O)OC(C)(C)C)C(C(=O)NC(C)C)c1cccc(C)c1O. The number of hydrogen-bond donors (Lipinski definition) is 3. The van der Waals surface area contributed by atoms with Crippen LogP contribution in [0.2, 0.25) is 0 Å². The lowest BCUT2D eigenvalue weighted by Gasteiger charge is -2.34. The molecule has 0 heterocycles. The van der Waals surface area contributed by atoms with Crippen molar-refractivity contribution >= 4 is 17.9 Å². The smallest absolute Gasteiger partial charge is 0.408 e. The Balaban J connectivity index is 2.57. The van der Waals surface area contributed by atoms with Crippen molar-refractivity contribution in [2.75, 3.05) is 6.54 Å². The Bertz CT molecular complexity index is 1090. The third kappa shape index (κ3) is 8.66. The Labute approximate surface area is 219 Å². The van der Waals surface area contributed by atoms with E-state index in [-0.39, 0.29) is 30.3 Å². The maximum atomic E-state index is 14.1. The second-order valence-electron chi connectivity index (χ2n) is 10.2. The van der Waals surface area contributed by atoms with Gasteiger partial charge in [-0.15, -0.1) is 6.58 Å². The molecule has 0 aliphatic heterocycles. The molecule has 0 spiro atoms. The number of alkyl carbamates (subject to hydrolysis) is 1. The molecular weight excluding hydrogens is 470 g/mol. The molecule has 0 aromatic heterocycles. The number of rotatable bonds is 10. The molecule has 8 nitrogen and oxygen atoms in total. The topological polar surface area (TPSA) is 108 Å². The summed E-state index contributed by atoms with van der Waals surface area (Å²) in [5.74, 6) is -1.05. The number of nitrogens with zero attached hydrogens (tertiary/aromatic N) is 1. The third-order valence-corrected chi connectivity index (χ3v) is 5.44. The van der Waals surface area contributed by atoms with Gasteiger partial charge in [-0.3, -0.25) is 9.59 Å². The summed E-state index contributed by atoms with van der Waals surface area (Å²) in [6.45, 7) is 14.3. The van der Waals surface area contributed by atoms with Gasteiger partial charge in [0.1, 0.15) is 23.4 Å². The number of phenolic OH excluding ortho intramolecular Hbond substituents is 1. The van der Waals surface area contributed by atoms with E-state index in [4.69, 9.17) is 4.74 Å². The summed E-state index contributed by atoms with van der Waals surface area (Å²) >= 11 is 0. The van der Waals surface area contributed by atoms with Gasteiger partial charge in [0.05, 0.1) is 0 Å². The number of amides is 3. The van der Waals surface area contributed by atoms with Crippen molar-refractivity contribution in [2.24, 2.45) is 0 Å². The second-order valence-corrected chi connectivity index (χ2v) is 10.2. The van der Waals surface area contributed by atoms with E-state index < -0.39 is 35.6 Å². The van der Waals surface area contributed by atoms with Crippen molar-refractivity contribution in [1.29, 1.82) is 0 Å². The minimum absolute atomic E-state index is 0.00366. The molecule has 2 aromatic rings. The highest BCUT2D eigenvalue weighted by atomic mass is 16.6. The highest BCUT2D eigenvalue weighted by Gasteiger charge is 2.37. The van der Waals surface area contributed by atoms with Gasteiger partial charge in [0.2, 0.25) is 11.8 Å². The number of nitrogens with one attached hydrogen (secondary N) is 2. The fourth-order valence-electron chi connectivity index (χ4n) is 3.88. The molecule has 3 amide bonds. The van der Waals surface area contributed by atoms with Gasteiger partial charge >= 0.3 is 6.09 Å². The van der Waals surface area contributed by atoms with Crippen molar-refractivity contribution in [3.63, 3.8) is 0 Å². The van der Waals surface area contributed by atoms with Crippen LogP contribution in [0.1, 0.15) is 57.4 Å². The molecule has 8 heteroatoms. The van der Waals surface area contributed by atoms with Gasteiger partial charge in [-0.2, -0.15) is 0 Å². The summed E-state index contributed by atoms with van der Waals surface area (Å²) in [5, 5.41) is 16.4. The normalized spacial score (nSPS) is 12.8. The van der Waals surface area contributed by atoms with Crippen LogP contribution < -0.4 is 10.6 Å². The first-order valence-corrected chi connectivity index (χ1v) is 12.4. The average Bonchev–Trinajstić information content (AvgIpc) is 2.79. The van der Waals surface area contributed by atoms with Gasteiger partial charge in [-0.25, -0.2) is 4.79 Å². The van der Waals surface area contributed by atoms with Gasteiger partial charge in [0, 0.05) is 24.6 Å². The maximum Gasteiger partial charge on any atom is 0.408 e. The van der Waals surface area contributed by atoms with Gasteiger partial charge < -0.3 is 25.4 Å². The lowest BCUT2D eigenvalue weighted by molar-refractivity contribution is -0.142. The average molecular weight is 510 g/mol. The van der Waals surface area contributed by atoms with Crippen LogP contribution in [0, 0.1) is 6.92 Å². The molecule has 0 aliphatic rings. The second kappa shape index (κ2) is 12.9. The van der Waals surface area contributed by atoms with E-state index in [0.29, 0.717) is 5.56 Å². The minimum atomic E-state index is -1.16. The molecule has 0 fully saturated rings. The quantitative estimate of drug-likeness (QED) is 0.411. The molecule has 0 saturated heterocycles. The van der Waals surface area contributed by atoms with E-state index in [9.17, 15) is 19.5 Å². The summed E-state index contributed by atoms with van der Waals surface area (Å²) in [6.07, 6.45) is 0.931. The Morgan fingerprint density at radius 2 is 1.70 bits per heavy atom. The molecular formula is C29H39N3O5. The summed E-state index contributed by atoms with van der Waals surface area (Å²) < 4.78 is 5.42. The van der Waals surface area contributed by atoms with Crippen LogP contribution in [0.25, 0.3) is 0 Å². The van der Waals surface area contributed by atoms with Gasteiger partial charge in [0.25, 0.3) is 0 Å². The highest BCUT2D eigenvalue weighted by molar-refractivity contribution is 5.93. The summed E-state index contributed by atoms with van der Waals surface area (Å²) in [6, 6.07) is 11.9. The van der Waals surface area contributed by atoms with Crippen LogP contribution in [0.3, 0.4) is 0 Å². The monoisotopic (exact) mass is 509 g/mol. The first kappa shape index (κ1) is 29.4. The van der Waals surface area contributed by atoms with Crippen LogP contribution >= 0.6 is 0 Å². The lowest BCUT2D eigenvalue weighted by Crippen LogP contribution is -2.54. The number of benzene rings is 2. The zero-order valence-corrected chi connectivity index (χ0v) is 22.6. The van der Waals surface area contributed by atoms with E-state index in [1.165, 1.54) is 11.0 Å². The van der Waals surface area contributed by atoms with Gasteiger partial charge in [0.15, 0.2) is 0 Å². The van der Waals surface area contributed by atoms with E-state index in [0.717, 1.165) is 5.56 Å². The Morgan fingerprint density at radius 3 is 2.27 bits per heavy atom. The molecule has 2 atom stereocenters. The molecule has 0 bridgehead atoms. The van der Waals surface area contributed by atoms with E-state index in [2.05, 4.69) is 17.2 Å². The fraction of sp³-hybridized carbons (Fsp3) is 0.414. The summed E-state index contributed by atoms with van der Waals surface area (Å²) in [5.41, 5.74) is 0.901. The number of para-hydroxylation sites is 1. The molecule has 200 valence electrons. The van der Waals surface area contributed by atoms with Crippen molar-refractivity contribution in [3.05, 3.63) is 77.9 Å². The molecule has 0 radical (unpaired) electrons. The summed E-state index contributed by atoms with van der Waals surface area (Å²) in [7, 11) is 0. The van der Waals surface area contributed by atoms with E-state index in [1.807, 2.05) is 44.2 Å². The Morgan fingerprint density at radius 1 is 1.05 bits per heavy atom. The van der Waals surface area contributed by atoms with Crippen molar-refractivity contribution in [3.8, 4) is 5.75 Å². The molecule has 0 aliphatic carbocycles. The maximum absolute atomic E-state index is 14.1. The number of aromatic hydroxyl groups is 1. The highest BCUT2D eigenvalue weighted by Crippen LogP contribution is 2.32. The van der Waals surface area contributed by atoms with Crippen molar-refractivity contribution in [2.45, 2.75) is 71.7 Å². The third-order valence-electron chi connectivity index (χ3n) is 5.44. The van der Waals surface area contributed by atoms with Crippen molar-refractivity contribution in [1.82, 2.24) is 15.5 Å². The van der Waals surface area contributed by atoms with Crippen molar-refractivity contribution < 1.29 is 24.2 Å². The number of carbonyl (C=O) groups is 3. The number of aryl methyl sites for hydroxylation is 1. The predicted molar refractivity (Wildman–Crippen MR) is 144 cm³/mol. The predicted octanol–water partition coefficient (Wildman–Crippen LogP) is 4.42. The number of ether oxygens (including phenoxy) is 1. The number of hydrogen-bond acceptors (Lipinski definition) is 5. The zero-order chi connectivity index (χ0) is 27.8. The molecule has 37 heavy (non-hydrogen) atoms. The number of phenols is 1. The van der Waals surface area contributed by atoms with Crippen LogP contribution in [0.15, 0.2) is 61.2 Å². The fourth-order valence-corrected chi connectivity index (χ4v) is 3.88. The minimum Gasteiger partial charge on any atom is -0.507 e. The Kier molecular flexibility index (Phi) is 10.3. The van der Waals surface area contributed by atoms with Gasteiger partial charge in [-0.05, 0) is 52.7 Å². The van der Waals surface area contributed by atoms with Crippen LogP contribution in [0.5, 0.6) is 5.75 Å². The summed E-state index contributed by atoms with van der Waals surface area (Å²) in [4.78, 5) is 41.6. The molecule has 3 N–H and O–H groups in total. The Hall–Kier alpha value is -3.81. The lowest BCUT2D eigenvalue weighted by atomic mass is 9.98. The first-order valence-electron chi connectivity index (χ1n) is 12.4. The molecule has 2 rings (SSSR count). The zero-order valence-electron chi connectivity index (χ0n) is 22.6. The van der Waals surface area contributed by atoms with Crippen LogP contribution in [-0.2, 0) is 20.7 Å². The van der Waals surface area contributed by atoms with Crippen LogP contribution in [-0.4, -0.2) is 52.1 Å². The van der Waals surface area contributed by atoms with Crippen LogP contribution in [0.4, 0.5) is 4.79 Å². The van der Waals surface area contributed by atoms with Gasteiger partial charge in [-0.1, -0.05) is 54.6 Å². The molecule has 0 saturated carbocycles. The standard InChI is InChI=1S/C29H39N3O5/c1-8-17-32(24(26(34)30-19(2)3)22-16-12-13-20(4)25(22)33)27(35)23(18-21-14-10-9-11-15-21)31-28(36)37-29(5,6)7/h8-16,19,23-24,33H,1,17-18H2,2-7H3,(H,30,34)(H,31,36). The van der Waals surface area contributed by atoms with E-state index >= 15 is 0 Å². The first-order chi connectivity index (χ1) is 17.3. The van der Waals surface area contributed by atoms with E-state index in [1.54, 1.807) is 45.9 Å². The number of carbonyl (C=O) groups excluding carboxylic acids is 3. The molecule has 2 unspecified atom stereocenters.